The maximum Gasteiger partial charge on any atom is 0.387 e. The monoisotopic (exact) mass is 343 g/mol. The second-order valence-electron chi connectivity index (χ2n) is 5.25. The van der Waals surface area contributed by atoms with Gasteiger partial charge < -0.3 is 19.9 Å². The molecule has 4 nitrogen and oxygen atoms in total. The highest BCUT2D eigenvalue weighted by atomic mass is 32.1. The van der Waals surface area contributed by atoms with E-state index < -0.39 is 12.2 Å². The maximum absolute atomic E-state index is 12.4. The molecule has 1 heterocycles. The fourth-order valence-corrected chi connectivity index (χ4v) is 2.93. The van der Waals surface area contributed by atoms with Gasteiger partial charge in [-0.05, 0) is 47.0 Å². The van der Waals surface area contributed by atoms with Gasteiger partial charge in [0, 0.05) is 13.1 Å². The average molecular weight is 343 g/mol. The SMILES string of the molecule is COc1ccc(CNCC(C)(O)c2ccsc2)cc1OC(F)F. The molecule has 0 bridgehead atoms. The smallest absolute Gasteiger partial charge is 0.387 e. The van der Waals surface area contributed by atoms with Crippen molar-refractivity contribution in [1.29, 1.82) is 0 Å². The molecule has 1 aromatic heterocycles. The van der Waals surface area contributed by atoms with E-state index in [0.29, 0.717) is 13.1 Å². The van der Waals surface area contributed by atoms with E-state index in [1.165, 1.54) is 24.5 Å². The van der Waals surface area contributed by atoms with Crippen molar-refractivity contribution in [1.82, 2.24) is 5.32 Å². The third kappa shape index (κ3) is 4.89. The van der Waals surface area contributed by atoms with Crippen molar-refractivity contribution in [3.8, 4) is 11.5 Å². The fourth-order valence-electron chi connectivity index (χ4n) is 2.14. The van der Waals surface area contributed by atoms with Gasteiger partial charge in [0.2, 0.25) is 0 Å². The Balaban J connectivity index is 1.98. The van der Waals surface area contributed by atoms with Crippen LogP contribution in [0.15, 0.2) is 35.0 Å². The Morgan fingerprint density at radius 1 is 1.30 bits per heavy atom. The summed E-state index contributed by atoms with van der Waals surface area (Å²) in [6.07, 6.45) is 0. The molecule has 0 radical (unpaired) electrons. The van der Waals surface area contributed by atoms with Gasteiger partial charge in [0.1, 0.15) is 0 Å². The van der Waals surface area contributed by atoms with Gasteiger partial charge in [0.15, 0.2) is 11.5 Å². The Morgan fingerprint density at radius 2 is 2.09 bits per heavy atom. The van der Waals surface area contributed by atoms with Crippen LogP contribution in [0.3, 0.4) is 0 Å². The van der Waals surface area contributed by atoms with E-state index in [0.717, 1.165) is 11.1 Å². The Bertz CT molecular complexity index is 618. The molecule has 1 aromatic carbocycles. The minimum absolute atomic E-state index is 0.00797. The normalized spacial score (nSPS) is 13.8. The number of rotatable bonds is 8. The van der Waals surface area contributed by atoms with Crippen LogP contribution in [-0.4, -0.2) is 25.4 Å². The quantitative estimate of drug-likeness (QED) is 0.772. The fraction of sp³-hybridized carbons (Fsp3) is 0.375. The molecule has 0 aliphatic heterocycles. The van der Waals surface area contributed by atoms with E-state index >= 15 is 0 Å². The second kappa shape index (κ2) is 7.72. The molecule has 0 fully saturated rings. The van der Waals surface area contributed by atoms with Gasteiger partial charge in [-0.2, -0.15) is 20.1 Å². The summed E-state index contributed by atoms with van der Waals surface area (Å²) < 4.78 is 34.3. The third-order valence-corrected chi connectivity index (χ3v) is 4.07. The van der Waals surface area contributed by atoms with Crippen LogP contribution in [0, 0.1) is 0 Å². The molecule has 1 unspecified atom stereocenters. The number of benzene rings is 1. The van der Waals surface area contributed by atoms with Crippen LogP contribution in [0.1, 0.15) is 18.1 Å². The summed E-state index contributed by atoms with van der Waals surface area (Å²) in [6, 6.07) is 6.70. The van der Waals surface area contributed by atoms with Crippen LogP contribution < -0.4 is 14.8 Å². The molecule has 0 spiro atoms. The number of halogens is 2. The standard InChI is InChI=1S/C16H19F2NO3S/c1-16(20,12-5-6-23-9-12)10-19-8-11-3-4-13(21-2)14(7-11)22-15(17)18/h3-7,9,15,19-20H,8,10H2,1-2H3. The van der Waals surface area contributed by atoms with E-state index in [1.807, 2.05) is 16.8 Å². The van der Waals surface area contributed by atoms with Crippen molar-refractivity contribution in [3.63, 3.8) is 0 Å². The Morgan fingerprint density at radius 3 is 2.70 bits per heavy atom. The molecule has 0 saturated carbocycles. The number of methoxy groups -OCH3 is 1. The number of alkyl halides is 2. The summed E-state index contributed by atoms with van der Waals surface area (Å²) in [6.45, 7) is -0.446. The lowest BCUT2D eigenvalue weighted by atomic mass is 9.99. The molecule has 2 aromatic rings. The first-order chi connectivity index (χ1) is 10.9. The van der Waals surface area contributed by atoms with Crippen LogP contribution in [0.2, 0.25) is 0 Å². The van der Waals surface area contributed by atoms with E-state index in [1.54, 1.807) is 19.1 Å². The van der Waals surface area contributed by atoms with Crippen molar-refractivity contribution in [2.75, 3.05) is 13.7 Å². The summed E-state index contributed by atoms with van der Waals surface area (Å²) in [5.41, 5.74) is 0.600. The van der Waals surface area contributed by atoms with E-state index in [-0.39, 0.29) is 11.5 Å². The number of hydrogen-bond acceptors (Lipinski definition) is 5. The first kappa shape index (κ1) is 17.7. The molecule has 0 aliphatic carbocycles. The number of ether oxygens (including phenoxy) is 2. The second-order valence-corrected chi connectivity index (χ2v) is 6.03. The van der Waals surface area contributed by atoms with E-state index in [9.17, 15) is 13.9 Å². The highest BCUT2D eigenvalue weighted by Gasteiger charge is 2.22. The average Bonchev–Trinajstić information content (AvgIpc) is 3.02. The summed E-state index contributed by atoms with van der Waals surface area (Å²) in [4.78, 5) is 0. The highest BCUT2D eigenvalue weighted by molar-refractivity contribution is 7.08. The molecule has 23 heavy (non-hydrogen) atoms. The molecule has 0 amide bonds. The molecular weight excluding hydrogens is 324 g/mol. The number of thiophene rings is 1. The Labute approximate surface area is 137 Å². The zero-order chi connectivity index (χ0) is 16.9. The summed E-state index contributed by atoms with van der Waals surface area (Å²) in [5.74, 6) is 0.241. The Kier molecular flexibility index (Phi) is 5.92. The number of nitrogens with one attached hydrogen (secondary N) is 1. The van der Waals surface area contributed by atoms with Crippen molar-refractivity contribution < 1.29 is 23.4 Å². The predicted molar refractivity (Wildman–Crippen MR) is 85.2 cm³/mol. The number of aliphatic hydroxyl groups is 1. The van der Waals surface area contributed by atoms with Crippen molar-refractivity contribution in [2.45, 2.75) is 25.7 Å². The minimum atomic E-state index is -2.91. The molecule has 2 N–H and O–H groups in total. The topological polar surface area (TPSA) is 50.7 Å². The maximum atomic E-state index is 12.4. The van der Waals surface area contributed by atoms with Crippen LogP contribution in [-0.2, 0) is 12.1 Å². The zero-order valence-corrected chi connectivity index (χ0v) is 13.7. The summed E-state index contributed by atoms with van der Waals surface area (Å²) >= 11 is 1.52. The molecule has 0 aliphatic rings. The van der Waals surface area contributed by atoms with Gasteiger partial charge in [-0.15, -0.1) is 0 Å². The zero-order valence-electron chi connectivity index (χ0n) is 12.9. The van der Waals surface area contributed by atoms with Gasteiger partial charge in [0.25, 0.3) is 0 Å². The van der Waals surface area contributed by atoms with Gasteiger partial charge in [-0.1, -0.05) is 6.07 Å². The van der Waals surface area contributed by atoms with E-state index in [2.05, 4.69) is 10.1 Å². The summed E-state index contributed by atoms with van der Waals surface area (Å²) in [5, 5.41) is 17.3. The first-order valence-corrected chi connectivity index (χ1v) is 7.94. The van der Waals surface area contributed by atoms with Gasteiger partial charge in [-0.3, -0.25) is 0 Å². The highest BCUT2D eigenvalue weighted by Crippen LogP contribution is 2.29. The molecule has 126 valence electrons. The molecule has 0 saturated heterocycles. The van der Waals surface area contributed by atoms with Crippen LogP contribution >= 0.6 is 11.3 Å². The molecular formula is C16H19F2NO3S. The predicted octanol–water partition coefficient (Wildman–Crippen LogP) is 3.36. The number of hydrogen-bond donors (Lipinski definition) is 2. The molecule has 7 heteroatoms. The molecule has 1 atom stereocenters. The van der Waals surface area contributed by atoms with Gasteiger partial charge in [0.05, 0.1) is 12.7 Å². The lowest BCUT2D eigenvalue weighted by Gasteiger charge is -2.23. The van der Waals surface area contributed by atoms with E-state index in [4.69, 9.17) is 4.74 Å². The van der Waals surface area contributed by atoms with Crippen molar-refractivity contribution in [3.05, 3.63) is 46.2 Å². The third-order valence-electron chi connectivity index (χ3n) is 3.39. The first-order valence-electron chi connectivity index (χ1n) is 7.00. The van der Waals surface area contributed by atoms with Crippen molar-refractivity contribution >= 4 is 11.3 Å². The largest absolute Gasteiger partial charge is 0.493 e. The van der Waals surface area contributed by atoms with Gasteiger partial charge >= 0.3 is 6.61 Å². The van der Waals surface area contributed by atoms with Crippen LogP contribution in [0.25, 0.3) is 0 Å². The van der Waals surface area contributed by atoms with Gasteiger partial charge in [-0.25, -0.2) is 0 Å². The van der Waals surface area contributed by atoms with Crippen molar-refractivity contribution in [2.24, 2.45) is 0 Å². The lowest BCUT2D eigenvalue weighted by molar-refractivity contribution is -0.0512. The molecule has 2 rings (SSSR count). The minimum Gasteiger partial charge on any atom is -0.493 e. The Hall–Kier alpha value is -1.70. The lowest BCUT2D eigenvalue weighted by Crippen LogP contribution is -2.34. The van der Waals surface area contributed by atoms with Crippen LogP contribution in [0.4, 0.5) is 8.78 Å². The van der Waals surface area contributed by atoms with Crippen LogP contribution in [0.5, 0.6) is 11.5 Å². The summed E-state index contributed by atoms with van der Waals surface area (Å²) in [7, 11) is 1.39.